The summed E-state index contributed by atoms with van der Waals surface area (Å²) in [5.74, 6) is 0. The minimum Gasteiger partial charge on any atom is -1.00 e. The van der Waals surface area contributed by atoms with Crippen molar-refractivity contribution in [1.82, 2.24) is 0 Å². The van der Waals surface area contributed by atoms with Crippen molar-refractivity contribution < 1.29 is 17.3 Å². The lowest BCUT2D eigenvalue weighted by molar-refractivity contribution is -0.925. The molecule has 0 saturated carbocycles. The highest BCUT2D eigenvalue weighted by Gasteiger charge is 2.37. The van der Waals surface area contributed by atoms with Crippen LogP contribution in [0.2, 0.25) is 0 Å². The number of benzene rings is 1. The highest BCUT2D eigenvalue weighted by atomic mass is 35.5. The standard InChI is InChI=1S/C45H85N.ClH/c1-5-7-9-11-13-15-17-19-21-23-25-27-29-31-33-38-42-45(46(3)4,44-40-36-35-37-41-44)43-39-34-32-30-28-26-24-22-20-18-16-14-12-10-8-6-2;/h35-37,40-41H,5-34,38-39,42-43H2,1-4H3;1H. The number of unbranched alkanes of at least 4 members (excludes halogenated alkanes) is 30. The van der Waals surface area contributed by atoms with E-state index in [1.165, 1.54) is 218 Å². The molecule has 0 aliphatic heterocycles. The summed E-state index contributed by atoms with van der Waals surface area (Å²) in [4.78, 5) is 1.64. The molecule has 1 N–H and O–H groups in total. The summed E-state index contributed by atoms with van der Waals surface area (Å²) in [7, 11) is 4.85. The van der Waals surface area contributed by atoms with E-state index in [1.54, 1.807) is 10.5 Å². The molecule has 0 fully saturated rings. The van der Waals surface area contributed by atoms with Gasteiger partial charge in [-0.25, -0.2) is 0 Å². The number of quaternary nitrogens is 1. The third-order valence-electron chi connectivity index (χ3n) is 11.2. The van der Waals surface area contributed by atoms with Gasteiger partial charge in [0, 0.05) is 18.4 Å². The fraction of sp³-hybridized carbons (Fsp3) is 0.867. The summed E-state index contributed by atoms with van der Waals surface area (Å²) in [6.07, 6.45) is 49.0. The van der Waals surface area contributed by atoms with E-state index >= 15 is 0 Å². The van der Waals surface area contributed by atoms with E-state index in [0.717, 1.165) is 0 Å². The maximum absolute atomic E-state index is 2.42. The first-order chi connectivity index (χ1) is 22.7. The molecule has 0 unspecified atom stereocenters. The molecular formula is C45H86ClN. The van der Waals surface area contributed by atoms with Crippen molar-refractivity contribution in [1.29, 1.82) is 0 Å². The normalized spacial score (nSPS) is 11.8. The van der Waals surface area contributed by atoms with Crippen molar-refractivity contribution in [2.45, 2.75) is 238 Å². The maximum atomic E-state index is 2.42. The highest BCUT2D eigenvalue weighted by molar-refractivity contribution is 5.22. The number of nitrogens with one attached hydrogen (secondary N) is 1. The Bertz CT molecular complexity index is 680. The first kappa shape index (κ1) is 46.5. The van der Waals surface area contributed by atoms with Crippen LogP contribution >= 0.6 is 0 Å². The molecule has 47 heavy (non-hydrogen) atoms. The van der Waals surface area contributed by atoms with E-state index in [2.05, 4.69) is 58.3 Å². The molecule has 0 aliphatic carbocycles. The zero-order valence-corrected chi connectivity index (χ0v) is 33.6. The molecule has 278 valence electrons. The van der Waals surface area contributed by atoms with Crippen LogP contribution in [0.25, 0.3) is 0 Å². The summed E-state index contributed by atoms with van der Waals surface area (Å²) in [5.41, 5.74) is 1.87. The Balaban J connectivity index is 0.0000212. The van der Waals surface area contributed by atoms with Crippen molar-refractivity contribution in [2.24, 2.45) is 0 Å². The lowest BCUT2D eigenvalue weighted by atomic mass is 9.79. The summed E-state index contributed by atoms with van der Waals surface area (Å²) < 4.78 is 0. The predicted octanol–water partition coefficient (Wildman–Crippen LogP) is 11.3. The Morgan fingerprint density at radius 2 is 0.596 bits per heavy atom. The Morgan fingerprint density at radius 3 is 0.830 bits per heavy atom. The van der Waals surface area contributed by atoms with Gasteiger partial charge in [0.1, 0.15) is 5.54 Å². The number of rotatable bonds is 36. The van der Waals surface area contributed by atoms with Crippen LogP contribution in [0.5, 0.6) is 0 Å². The average molecular weight is 677 g/mol. The second-order valence-electron chi connectivity index (χ2n) is 15.6. The molecule has 0 radical (unpaired) electrons. The van der Waals surface area contributed by atoms with E-state index in [4.69, 9.17) is 0 Å². The third-order valence-corrected chi connectivity index (χ3v) is 11.2. The van der Waals surface area contributed by atoms with Gasteiger partial charge in [0.15, 0.2) is 0 Å². The molecule has 2 heteroatoms. The Hall–Kier alpha value is -0.530. The summed E-state index contributed by atoms with van der Waals surface area (Å²) in [5, 5.41) is 0. The number of halogens is 1. The van der Waals surface area contributed by atoms with Gasteiger partial charge in [-0.3, -0.25) is 0 Å². The van der Waals surface area contributed by atoms with Gasteiger partial charge in [-0.15, -0.1) is 0 Å². The molecule has 1 rings (SSSR count). The van der Waals surface area contributed by atoms with Crippen LogP contribution in [-0.4, -0.2) is 14.1 Å². The van der Waals surface area contributed by atoms with Crippen molar-refractivity contribution in [3.8, 4) is 0 Å². The molecule has 1 aromatic rings. The van der Waals surface area contributed by atoms with E-state index in [0.29, 0.717) is 0 Å². The van der Waals surface area contributed by atoms with E-state index in [-0.39, 0.29) is 17.9 Å². The zero-order chi connectivity index (χ0) is 33.2. The van der Waals surface area contributed by atoms with Gasteiger partial charge in [0.2, 0.25) is 0 Å². The van der Waals surface area contributed by atoms with Gasteiger partial charge in [-0.05, 0) is 12.8 Å². The van der Waals surface area contributed by atoms with Crippen molar-refractivity contribution in [2.75, 3.05) is 14.1 Å². The molecule has 0 bridgehead atoms. The summed E-state index contributed by atoms with van der Waals surface area (Å²) >= 11 is 0. The maximum Gasteiger partial charge on any atom is 0.123 e. The second kappa shape index (κ2) is 35.3. The van der Waals surface area contributed by atoms with Crippen LogP contribution in [-0.2, 0) is 5.54 Å². The molecule has 1 aromatic carbocycles. The monoisotopic (exact) mass is 676 g/mol. The minimum absolute atomic E-state index is 0. The lowest BCUT2D eigenvalue weighted by Gasteiger charge is -2.38. The fourth-order valence-corrected chi connectivity index (χ4v) is 7.91. The molecular weight excluding hydrogens is 590 g/mol. The molecule has 0 aromatic heterocycles. The zero-order valence-electron chi connectivity index (χ0n) is 32.8. The minimum atomic E-state index is 0. The van der Waals surface area contributed by atoms with Gasteiger partial charge in [-0.2, -0.15) is 0 Å². The van der Waals surface area contributed by atoms with Gasteiger partial charge in [0.25, 0.3) is 0 Å². The van der Waals surface area contributed by atoms with Crippen LogP contribution in [0.4, 0.5) is 0 Å². The molecule has 0 saturated heterocycles. The first-order valence-electron chi connectivity index (χ1n) is 21.5. The first-order valence-corrected chi connectivity index (χ1v) is 21.5. The van der Waals surface area contributed by atoms with Crippen LogP contribution in [0.3, 0.4) is 0 Å². The quantitative estimate of drug-likeness (QED) is 0.0675. The lowest BCUT2D eigenvalue weighted by Crippen LogP contribution is -3.13. The van der Waals surface area contributed by atoms with Gasteiger partial charge in [0.05, 0.1) is 14.1 Å². The molecule has 0 spiro atoms. The Kier molecular flexibility index (Phi) is 34.9. The van der Waals surface area contributed by atoms with Crippen LogP contribution in [0.15, 0.2) is 30.3 Å². The van der Waals surface area contributed by atoms with Crippen molar-refractivity contribution >= 4 is 0 Å². The van der Waals surface area contributed by atoms with Crippen LogP contribution in [0, 0.1) is 0 Å². The second-order valence-corrected chi connectivity index (χ2v) is 15.6. The Labute approximate surface area is 304 Å². The smallest absolute Gasteiger partial charge is 0.123 e. The SMILES string of the molecule is CCCCCCCCCCCCCCCCCCC(CCCCCCCCCCCCCCCCCC)(c1ccccc1)[NH+](C)C.[Cl-]. The number of hydrogen-bond acceptors (Lipinski definition) is 0. The molecule has 1 nitrogen and oxygen atoms in total. The Morgan fingerprint density at radius 1 is 0.362 bits per heavy atom. The predicted molar refractivity (Wildman–Crippen MR) is 209 cm³/mol. The topological polar surface area (TPSA) is 4.44 Å². The average Bonchev–Trinajstić information content (AvgIpc) is 3.07. The van der Waals surface area contributed by atoms with Gasteiger partial charge >= 0.3 is 0 Å². The highest BCUT2D eigenvalue weighted by Crippen LogP contribution is 2.31. The van der Waals surface area contributed by atoms with E-state index in [1.807, 2.05) is 0 Å². The van der Waals surface area contributed by atoms with Crippen molar-refractivity contribution in [3.63, 3.8) is 0 Å². The van der Waals surface area contributed by atoms with Gasteiger partial charge in [-0.1, -0.05) is 237 Å². The molecule has 0 amide bonds. The molecule has 0 atom stereocenters. The van der Waals surface area contributed by atoms with E-state index in [9.17, 15) is 0 Å². The third kappa shape index (κ3) is 26.0. The summed E-state index contributed by atoms with van der Waals surface area (Å²) in [6, 6.07) is 11.6. The fourth-order valence-electron chi connectivity index (χ4n) is 7.91. The van der Waals surface area contributed by atoms with Gasteiger partial charge < -0.3 is 17.3 Å². The van der Waals surface area contributed by atoms with Crippen LogP contribution < -0.4 is 17.3 Å². The van der Waals surface area contributed by atoms with Crippen LogP contribution in [0.1, 0.15) is 238 Å². The number of hydrogen-bond donors (Lipinski definition) is 1. The van der Waals surface area contributed by atoms with E-state index < -0.39 is 0 Å². The van der Waals surface area contributed by atoms with Crippen molar-refractivity contribution in [3.05, 3.63) is 35.9 Å². The molecule has 0 heterocycles. The largest absolute Gasteiger partial charge is 1.00 e. The summed E-state index contributed by atoms with van der Waals surface area (Å²) in [6.45, 7) is 4.62. The molecule has 0 aliphatic rings.